The van der Waals surface area contributed by atoms with Crippen molar-refractivity contribution in [2.75, 3.05) is 6.54 Å². The highest BCUT2D eigenvalue weighted by atomic mass is 35.5. The van der Waals surface area contributed by atoms with E-state index >= 15 is 0 Å². The molecule has 0 spiro atoms. The van der Waals surface area contributed by atoms with Gasteiger partial charge in [-0.2, -0.15) is 5.10 Å². The molecule has 142 valence electrons. The Balaban J connectivity index is 2.03. The molecule has 1 amide bonds. The van der Waals surface area contributed by atoms with Crippen LogP contribution in [-0.4, -0.2) is 43.7 Å². The number of amides is 1. The number of likely N-dealkylation sites (tertiary alicyclic amines) is 1. The Morgan fingerprint density at radius 3 is 2.69 bits per heavy atom. The second-order valence-corrected chi connectivity index (χ2v) is 7.51. The molecule has 1 aliphatic heterocycles. The fraction of sp³-hybridized carbons (Fsp3) is 0.562. The third-order valence-corrected chi connectivity index (χ3v) is 4.32. The lowest BCUT2D eigenvalue weighted by molar-refractivity contribution is -0.00908. The van der Waals surface area contributed by atoms with Gasteiger partial charge in [-0.25, -0.2) is 18.1 Å². The Morgan fingerprint density at radius 1 is 1.46 bits per heavy atom. The van der Waals surface area contributed by atoms with Crippen LogP contribution in [0.4, 0.5) is 13.6 Å². The lowest BCUT2D eigenvalue weighted by Gasteiger charge is -2.41. The number of hydrogen-bond donors (Lipinski definition) is 0. The first kappa shape index (κ1) is 18.6. The van der Waals surface area contributed by atoms with Crippen LogP contribution in [0.1, 0.15) is 39.1 Å². The molecule has 2 aromatic rings. The third kappa shape index (κ3) is 3.40. The Labute approximate surface area is 153 Å². The summed E-state index contributed by atoms with van der Waals surface area (Å²) in [6.45, 7) is 4.78. The molecule has 0 N–H and O–H groups in total. The minimum atomic E-state index is -2.75. The van der Waals surface area contributed by atoms with Gasteiger partial charge in [0.15, 0.2) is 5.82 Å². The summed E-state index contributed by atoms with van der Waals surface area (Å²) in [7, 11) is 0. The van der Waals surface area contributed by atoms with Crippen LogP contribution in [0, 0.1) is 0 Å². The summed E-state index contributed by atoms with van der Waals surface area (Å²) in [4.78, 5) is 26.4. The number of carbonyl (C=O) groups excluding carboxylic acids is 1. The lowest BCUT2D eigenvalue weighted by atomic mass is 10.0. The minimum Gasteiger partial charge on any atom is -0.444 e. The zero-order valence-corrected chi connectivity index (χ0v) is 15.3. The van der Waals surface area contributed by atoms with Gasteiger partial charge in [-0.15, -0.1) is 0 Å². The van der Waals surface area contributed by atoms with Gasteiger partial charge in [0.2, 0.25) is 0 Å². The van der Waals surface area contributed by atoms with E-state index in [1.807, 2.05) is 0 Å². The molecule has 0 saturated carbocycles. The van der Waals surface area contributed by atoms with Gasteiger partial charge in [0.1, 0.15) is 11.1 Å². The number of hydrogen-bond acceptors (Lipinski definition) is 4. The van der Waals surface area contributed by atoms with Crippen molar-refractivity contribution in [1.82, 2.24) is 19.1 Å². The summed E-state index contributed by atoms with van der Waals surface area (Å²) in [6.07, 6.45) is -1.35. The smallest absolute Gasteiger partial charge is 0.410 e. The molecule has 0 radical (unpaired) electrons. The maximum absolute atomic E-state index is 13.0. The summed E-state index contributed by atoms with van der Waals surface area (Å²) >= 11 is 5.97. The number of carbonyl (C=O) groups is 1. The van der Waals surface area contributed by atoms with Crippen molar-refractivity contribution >= 4 is 23.2 Å². The number of nitrogens with zero attached hydrogens (tertiary/aromatic N) is 4. The zero-order valence-electron chi connectivity index (χ0n) is 14.6. The van der Waals surface area contributed by atoms with Gasteiger partial charge in [0.25, 0.3) is 12.0 Å². The monoisotopic (exact) mass is 388 g/mol. The van der Waals surface area contributed by atoms with Crippen LogP contribution >= 0.6 is 11.6 Å². The number of rotatable bonds is 3. The van der Waals surface area contributed by atoms with E-state index in [4.69, 9.17) is 16.3 Å². The Kier molecular flexibility index (Phi) is 4.68. The van der Waals surface area contributed by atoms with E-state index in [1.54, 1.807) is 20.8 Å². The van der Waals surface area contributed by atoms with E-state index in [0.717, 1.165) is 4.57 Å². The molecular weight excluding hydrogens is 370 g/mol. The molecule has 10 heteroatoms. The highest BCUT2D eigenvalue weighted by Gasteiger charge is 2.39. The molecule has 1 atom stereocenters. The summed E-state index contributed by atoms with van der Waals surface area (Å²) < 4.78 is 33.6. The number of halogens is 3. The van der Waals surface area contributed by atoms with Gasteiger partial charge in [-0.1, -0.05) is 11.6 Å². The summed E-state index contributed by atoms with van der Waals surface area (Å²) in [6, 6.07) is 0.857. The average molecular weight is 389 g/mol. The van der Waals surface area contributed by atoms with Crippen LogP contribution in [0.3, 0.4) is 0 Å². The standard InChI is InChI=1S/C16H19ClF2N4O3/c1-16(2,3)26-15(25)21-6-5-10(21)13-20-23-7-4-9(17)12(23)14(24)22(13)8-11(18)19/h4,7,10-11H,5-6,8H2,1-3H3/t10-/m0/s1. The molecule has 7 nitrogen and oxygen atoms in total. The predicted octanol–water partition coefficient (Wildman–Crippen LogP) is 3.10. The number of alkyl halides is 2. The predicted molar refractivity (Wildman–Crippen MR) is 90.8 cm³/mol. The topological polar surface area (TPSA) is 68.8 Å². The first-order valence-electron chi connectivity index (χ1n) is 8.14. The number of aromatic nitrogens is 3. The SMILES string of the molecule is CC(C)(C)OC(=O)N1CC[C@H]1c1nn2ccc(Cl)c2c(=O)n1CC(F)F. The molecule has 1 aliphatic rings. The van der Waals surface area contributed by atoms with E-state index in [-0.39, 0.29) is 16.4 Å². The quantitative estimate of drug-likeness (QED) is 0.810. The fourth-order valence-electron chi connectivity index (χ4n) is 2.83. The summed E-state index contributed by atoms with van der Waals surface area (Å²) in [5, 5.41) is 4.41. The van der Waals surface area contributed by atoms with Crippen molar-refractivity contribution in [3.63, 3.8) is 0 Å². The molecule has 3 rings (SSSR count). The van der Waals surface area contributed by atoms with Crippen molar-refractivity contribution < 1.29 is 18.3 Å². The van der Waals surface area contributed by atoms with Crippen LogP contribution < -0.4 is 5.56 Å². The van der Waals surface area contributed by atoms with E-state index in [2.05, 4.69) is 5.10 Å². The molecule has 0 unspecified atom stereocenters. The summed E-state index contributed by atoms with van der Waals surface area (Å²) in [5.74, 6) is 0.0900. The molecule has 26 heavy (non-hydrogen) atoms. The van der Waals surface area contributed by atoms with Crippen LogP contribution in [0.2, 0.25) is 5.02 Å². The number of fused-ring (bicyclic) bond motifs is 1. The molecule has 2 aromatic heterocycles. The van der Waals surface area contributed by atoms with Gasteiger partial charge in [0, 0.05) is 12.7 Å². The van der Waals surface area contributed by atoms with Gasteiger partial charge in [-0.05, 0) is 33.3 Å². The minimum absolute atomic E-state index is 0.0270. The maximum Gasteiger partial charge on any atom is 0.410 e. The second-order valence-electron chi connectivity index (χ2n) is 7.10. The molecule has 1 saturated heterocycles. The largest absolute Gasteiger partial charge is 0.444 e. The van der Waals surface area contributed by atoms with Crippen molar-refractivity contribution in [2.24, 2.45) is 0 Å². The average Bonchev–Trinajstić information content (AvgIpc) is 2.80. The van der Waals surface area contributed by atoms with E-state index in [1.165, 1.54) is 21.7 Å². The Morgan fingerprint density at radius 2 is 2.15 bits per heavy atom. The van der Waals surface area contributed by atoms with Gasteiger partial charge >= 0.3 is 6.09 Å². The highest BCUT2D eigenvalue weighted by molar-refractivity contribution is 6.33. The van der Waals surface area contributed by atoms with Crippen LogP contribution in [0.15, 0.2) is 17.1 Å². The maximum atomic E-state index is 13.0. The van der Waals surface area contributed by atoms with Crippen LogP contribution in [0.5, 0.6) is 0 Å². The lowest BCUT2D eigenvalue weighted by Crippen LogP contribution is -2.49. The Bertz CT molecular complexity index is 903. The van der Waals surface area contributed by atoms with Crippen molar-refractivity contribution in [3.8, 4) is 0 Å². The first-order valence-corrected chi connectivity index (χ1v) is 8.51. The third-order valence-electron chi connectivity index (χ3n) is 4.02. The normalized spacial score (nSPS) is 17.7. The molecule has 0 bridgehead atoms. The highest BCUT2D eigenvalue weighted by Crippen LogP contribution is 2.33. The summed E-state index contributed by atoms with van der Waals surface area (Å²) in [5.41, 5.74) is -1.33. The second kappa shape index (κ2) is 6.53. The fourth-order valence-corrected chi connectivity index (χ4v) is 3.06. The van der Waals surface area contributed by atoms with Gasteiger partial charge in [0.05, 0.1) is 17.6 Å². The van der Waals surface area contributed by atoms with Crippen molar-refractivity contribution in [3.05, 3.63) is 33.5 Å². The number of ether oxygens (including phenoxy) is 1. The van der Waals surface area contributed by atoms with E-state index in [9.17, 15) is 18.4 Å². The molecular formula is C16H19ClF2N4O3. The van der Waals surface area contributed by atoms with Crippen LogP contribution in [-0.2, 0) is 11.3 Å². The molecule has 1 fully saturated rings. The molecule has 0 aromatic carbocycles. The molecule has 3 heterocycles. The van der Waals surface area contributed by atoms with Gasteiger partial charge < -0.3 is 4.74 Å². The van der Waals surface area contributed by atoms with E-state index in [0.29, 0.717) is 13.0 Å². The van der Waals surface area contributed by atoms with E-state index < -0.39 is 36.3 Å². The zero-order chi connectivity index (χ0) is 19.2. The molecule has 0 aliphatic carbocycles. The van der Waals surface area contributed by atoms with Crippen molar-refractivity contribution in [2.45, 2.75) is 51.8 Å². The van der Waals surface area contributed by atoms with Crippen LogP contribution in [0.25, 0.3) is 5.52 Å². The Hall–Kier alpha value is -2.16. The van der Waals surface area contributed by atoms with Crippen molar-refractivity contribution in [1.29, 1.82) is 0 Å². The first-order chi connectivity index (χ1) is 12.1. The van der Waals surface area contributed by atoms with Gasteiger partial charge in [-0.3, -0.25) is 14.3 Å².